The van der Waals surface area contributed by atoms with Gasteiger partial charge in [0.05, 0.1) is 29.4 Å². The zero-order chi connectivity index (χ0) is 19.4. The van der Waals surface area contributed by atoms with Crippen molar-refractivity contribution in [3.63, 3.8) is 0 Å². The van der Waals surface area contributed by atoms with Crippen molar-refractivity contribution in [2.24, 2.45) is 0 Å². The molecule has 27 heavy (non-hydrogen) atoms. The van der Waals surface area contributed by atoms with Crippen LogP contribution >= 0.6 is 22.9 Å². The smallest absolute Gasteiger partial charge is 0.311 e. The van der Waals surface area contributed by atoms with Crippen LogP contribution in [0.4, 0.5) is 5.13 Å². The van der Waals surface area contributed by atoms with Crippen LogP contribution in [0.2, 0.25) is 5.02 Å². The molecular weight excluding hydrogens is 390 g/mol. The molecule has 2 heterocycles. The number of halogens is 1. The molecule has 140 valence electrons. The second-order valence-electron chi connectivity index (χ2n) is 5.43. The Bertz CT molecular complexity index is 985. The molecule has 0 unspecified atom stereocenters. The number of amides is 1. The van der Waals surface area contributed by atoms with E-state index in [1.54, 1.807) is 31.4 Å². The molecule has 0 aliphatic rings. The van der Waals surface area contributed by atoms with Gasteiger partial charge in [-0.15, -0.1) is 16.4 Å². The van der Waals surface area contributed by atoms with E-state index in [0.717, 1.165) is 0 Å². The fraction of sp³-hybridized carbons (Fsp3) is 0.235. The molecule has 2 aromatic heterocycles. The predicted molar refractivity (Wildman–Crippen MR) is 102 cm³/mol. The molecule has 1 N–H and O–H groups in total. The molecular formula is C17H16ClN5O3S. The van der Waals surface area contributed by atoms with Gasteiger partial charge < -0.3 is 4.74 Å². The third-order valence-corrected chi connectivity index (χ3v) is 4.58. The zero-order valence-corrected chi connectivity index (χ0v) is 16.2. The quantitative estimate of drug-likeness (QED) is 0.633. The van der Waals surface area contributed by atoms with Gasteiger partial charge in [-0.25, -0.2) is 14.6 Å². The Labute approximate surface area is 164 Å². The van der Waals surface area contributed by atoms with Crippen LogP contribution in [-0.2, 0) is 16.0 Å². The van der Waals surface area contributed by atoms with Crippen molar-refractivity contribution in [1.82, 2.24) is 19.7 Å². The SMILES string of the molecule is CCOC(=O)Cc1csc(NC(=O)c2nc(C)n(-c3ccccc3Cl)n2)n1. The molecule has 0 fully saturated rings. The number of hydrogen-bond donors (Lipinski definition) is 1. The van der Waals surface area contributed by atoms with E-state index in [2.05, 4.69) is 20.4 Å². The number of hydrogen-bond acceptors (Lipinski definition) is 7. The number of anilines is 1. The van der Waals surface area contributed by atoms with Crippen molar-refractivity contribution in [1.29, 1.82) is 0 Å². The molecule has 0 saturated heterocycles. The summed E-state index contributed by atoms with van der Waals surface area (Å²) in [7, 11) is 0. The number of para-hydroxylation sites is 1. The van der Waals surface area contributed by atoms with E-state index in [1.807, 2.05) is 12.1 Å². The van der Waals surface area contributed by atoms with Crippen molar-refractivity contribution in [2.75, 3.05) is 11.9 Å². The molecule has 0 spiro atoms. The van der Waals surface area contributed by atoms with Crippen molar-refractivity contribution in [3.05, 3.63) is 52.0 Å². The van der Waals surface area contributed by atoms with Crippen LogP contribution in [-0.4, -0.2) is 38.2 Å². The Kier molecular flexibility index (Phi) is 5.82. The normalized spacial score (nSPS) is 10.6. The molecule has 1 amide bonds. The number of benzene rings is 1. The lowest BCUT2D eigenvalue weighted by Crippen LogP contribution is -2.14. The first kappa shape index (κ1) is 19.0. The van der Waals surface area contributed by atoms with Crippen molar-refractivity contribution < 1.29 is 14.3 Å². The van der Waals surface area contributed by atoms with Gasteiger partial charge in [0.2, 0.25) is 5.82 Å². The van der Waals surface area contributed by atoms with E-state index in [1.165, 1.54) is 16.0 Å². The third kappa shape index (κ3) is 4.50. The lowest BCUT2D eigenvalue weighted by molar-refractivity contribution is -0.142. The van der Waals surface area contributed by atoms with Gasteiger partial charge >= 0.3 is 5.97 Å². The number of carbonyl (C=O) groups is 2. The van der Waals surface area contributed by atoms with Crippen molar-refractivity contribution >= 4 is 39.9 Å². The molecule has 0 atom stereocenters. The predicted octanol–water partition coefficient (Wildman–Crippen LogP) is 3.04. The Morgan fingerprint density at radius 1 is 1.30 bits per heavy atom. The van der Waals surface area contributed by atoms with Crippen molar-refractivity contribution in [3.8, 4) is 5.69 Å². The first-order valence-corrected chi connectivity index (χ1v) is 9.33. The maximum atomic E-state index is 12.4. The molecule has 0 saturated carbocycles. The van der Waals surface area contributed by atoms with E-state index in [-0.39, 0.29) is 18.2 Å². The molecule has 0 aliphatic heterocycles. The first-order chi connectivity index (χ1) is 13.0. The van der Waals surface area contributed by atoms with Crippen LogP contribution in [0.25, 0.3) is 5.69 Å². The highest BCUT2D eigenvalue weighted by Gasteiger charge is 2.18. The van der Waals surface area contributed by atoms with Gasteiger partial charge in [-0.05, 0) is 26.0 Å². The van der Waals surface area contributed by atoms with Crippen LogP contribution in [0.5, 0.6) is 0 Å². The summed E-state index contributed by atoms with van der Waals surface area (Å²) in [5, 5.41) is 9.41. The van der Waals surface area contributed by atoms with Gasteiger partial charge in [0.1, 0.15) is 5.82 Å². The van der Waals surface area contributed by atoms with Crippen LogP contribution in [0.15, 0.2) is 29.6 Å². The maximum Gasteiger partial charge on any atom is 0.311 e. The number of nitrogens with zero attached hydrogens (tertiary/aromatic N) is 4. The number of rotatable bonds is 6. The minimum atomic E-state index is -0.499. The summed E-state index contributed by atoms with van der Waals surface area (Å²) >= 11 is 7.39. The second-order valence-corrected chi connectivity index (χ2v) is 6.69. The van der Waals surface area contributed by atoms with Gasteiger partial charge in [0.25, 0.3) is 5.91 Å². The number of ether oxygens (including phenoxy) is 1. The lowest BCUT2D eigenvalue weighted by atomic mass is 10.3. The molecule has 1 aromatic carbocycles. The van der Waals surface area contributed by atoms with Crippen molar-refractivity contribution in [2.45, 2.75) is 20.3 Å². The molecule has 3 aromatic rings. The molecule has 0 bridgehead atoms. The number of thiazole rings is 1. The first-order valence-electron chi connectivity index (χ1n) is 8.08. The van der Waals surface area contributed by atoms with Crippen LogP contribution in [0.1, 0.15) is 29.1 Å². The van der Waals surface area contributed by atoms with Gasteiger partial charge in [-0.1, -0.05) is 23.7 Å². The van der Waals surface area contributed by atoms with Gasteiger partial charge in [0, 0.05) is 5.38 Å². The number of aromatic nitrogens is 4. The summed E-state index contributed by atoms with van der Waals surface area (Å²) in [6, 6.07) is 7.15. The monoisotopic (exact) mass is 405 g/mol. The minimum Gasteiger partial charge on any atom is -0.466 e. The van der Waals surface area contributed by atoms with Gasteiger partial charge in [-0.3, -0.25) is 14.9 Å². The van der Waals surface area contributed by atoms with E-state index in [9.17, 15) is 9.59 Å². The number of carbonyl (C=O) groups excluding carboxylic acids is 2. The Morgan fingerprint density at radius 2 is 2.07 bits per heavy atom. The second kappa shape index (κ2) is 8.28. The van der Waals surface area contributed by atoms with Gasteiger partial charge in [-0.2, -0.15) is 0 Å². The fourth-order valence-electron chi connectivity index (χ4n) is 2.30. The highest BCUT2D eigenvalue weighted by atomic mass is 35.5. The molecule has 3 rings (SSSR count). The van der Waals surface area contributed by atoms with Crippen LogP contribution < -0.4 is 5.32 Å². The standard InChI is InChI=1S/C17H16ClN5O3S/c1-3-26-14(24)8-11-9-27-17(20-11)21-16(25)15-19-10(2)23(22-15)13-7-5-4-6-12(13)18/h4-7,9H,3,8H2,1-2H3,(H,20,21,25). The topological polar surface area (TPSA) is 99.0 Å². The third-order valence-electron chi connectivity index (χ3n) is 3.46. The maximum absolute atomic E-state index is 12.4. The van der Waals surface area contributed by atoms with Crippen LogP contribution in [0.3, 0.4) is 0 Å². The van der Waals surface area contributed by atoms with E-state index in [4.69, 9.17) is 16.3 Å². The van der Waals surface area contributed by atoms with Crippen LogP contribution in [0, 0.1) is 6.92 Å². The average Bonchev–Trinajstić information content (AvgIpc) is 3.22. The fourth-order valence-corrected chi connectivity index (χ4v) is 3.22. The Morgan fingerprint density at radius 3 is 2.81 bits per heavy atom. The summed E-state index contributed by atoms with van der Waals surface area (Å²) in [5.41, 5.74) is 1.16. The summed E-state index contributed by atoms with van der Waals surface area (Å²) < 4.78 is 6.38. The highest BCUT2D eigenvalue weighted by Crippen LogP contribution is 2.21. The Balaban J connectivity index is 1.72. The lowest BCUT2D eigenvalue weighted by Gasteiger charge is -2.04. The summed E-state index contributed by atoms with van der Waals surface area (Å²) in [4.78, 5) is 32.3. The summed E-state index contributed by atoms with van der Waals surface area (Å²) in [5.74, 6) is -0.345. The zero-order valence-electron chi connectivity index (χ0n) is 14.6. The van der Waals surface area contributed by atoms with E-state index >= 15 is 0 Å². The molecule has 8 nitrogen and oxygen atoms in total. The number of nitrogens with one attached hydrogen (secondary N) is 1. The van der Waals surface area contributed by atoms with E-state index < -0.39 is 5.91 Å². The average molecular weight is 406 g/mol. The molecule has 10 heteroatoms. The number of aryl methyl sites for hydroxylation is 1. The number of esters is 1. The summed E-state index contributed by atoms with van der Waals surface area (Å²) in [6.45, 7) is 3.78. The minimum absolute atomic E-state index is 0.00503. The molecule has 0 aliphatic carbocycles. The van der Waals surface area contributed by atoms with Gasteiger partial charge in [0.15, 0.2) is 5.13 Å². The van der Waals surface area contributed by atoms with E-state index in [0.29, 0.717) is 34.0 Å². The summed E-state index contributed by atoms with van der Waals surface area (Å²) in [6.07, 6.45) is 0.0543. The highest BCUT2D eigenvalue weighted by molar-refractivity contribution is 7.14. The molecule has 0 radical (unpaired) electrons. The Hall–Kier alpha value is -2.78. The largest absolute Gasteiger partial charge is 0.466 e.